The van der Waals surface area contributed by atoms with Crippen LogP contribution in [-0.4, -0.2) is 29.7 Å². The molecule has 0 saturated heterocycles. The van der Waals surface area contributed by atoms with Gasteiger partial charge in [0.15, 0.2) is 0 Å². The van der Waals surface area contributed by atoms with Gasteiger partial charge in [-0.2, -0.15) is 0 Å². The lowest BCUT2D eigenvalue weighted by atomic mass is 10.1. The molecule has 1 unspecified atom stereocenters. The van der Waals surface area contributed by atoms with Crippen LogP contribution in [0.1, 0.15) is 44.5 Å². The first-order chi connectivity index (χ1) is 11.0. The van der Waals surface area contributed by atoms with E-state index in [-0.39, 0.29) is 18.6 Å². The summed E-state index contributed by atoms with van der Waals surface area (Å²) in [5.74, 6) is -0.0958. The summed E-state index contributed by atoms with van der Waals surface area (Å²) in [7, 11) is 1.63. The van der Waals surface area contributed by atoms with Gasteiger partial charge in [0.05, 0.1) is 12.3 Å². The molecule has 0 bridgehead atoms. The van der Waals surface area contributed by atoms with E-state index in [1.807, 2.05) is 38.1 Å². The van der Waals surface area contributed by atoms with Gasteiger partial charge in [0, 0.05) is 13.7 Å². The number of aromatic nitrogens is 1. The molecule has 1 atom stereocenters. The van der Waals surface area contributed by atoms with Crippen LogP contribution in [0.5, 0.6) is 0 Å². The number of carbonyl (C=O) groups excluding carboxylic acids is 1. The molecule has 6 heteroatoms. The summed E-state index contributed by atoms with van der Waals surface area (Å²) in [6, 6.07) is 7.72. The van der Waals surface area contributed by atoms with Gasteiger partial charge in [-0.25, -0.2) is 4.98 Å². The molecule has 124 valence electrons. The minimum Gasteiger partial charge on any atom is -0.392 e. The number of nitrogens with zero attached hydrogens (tertiary/aromatic N) is 1. The van der Waals surface area contributed by atoms with Gasteiger partial charge in [-0.15, -0.1) is 11.3 Å². The molecule has 0 fully saturated rings. The topological polar surface area (TPSA) is 71.5 Å². The van der Waals surface area contributed by atoms with Gasteiger partial charge in [0.25, 0.3) is 5.91 Å². The second-order valence-corrected chi connectivity index (χ2v) is 6.36. The lowest BCUT2D eigenvalue weighted by Crippen LogP contribution is -2.25. The van der Waals surface area contributed by atoms with Crippen LogP contribution in [0.15, 0.2) is 24.3 Å². The average Bonchev–Trinajstić information content (AvgIpc) is 2.96. The highest BCUT2D eigenvalue weighted by molar-refractivity contribution is 7.13. The van der Waals surface area contributed by atoms with Crippen molar-refractivity contribution in [2.45, 2.75) is 33.0 Å². The summed E-state index contributed by atoms with van der Waals surface area (Å²) in [5, 5.41) is 12.8. The van der Waals surface area contributed by atoms with Gasteiger partial charge in [-0.3, -0.25) is 4.79 Å². The van der Waals surface area contributed by atoms with Crippen LogP contribution >= 0.6 is 11.3 Å². The number of aliphatic hydroxyl groups is 1. The SMILES string of the molecule is COC(C)c1nc(C)c(C(=O)NCCc2ccc(CO)cc2)s1. The van der Waals surface area contributed by atoms with Crippen molar-refractivity contribution in [2.24, 2.45) is 0 Å². The minimum absolute atomic E-state index is 0.0455. The molecule has 0 radical (unpaired) electrons. The molecule has 2 rings (SSSR count). The van der Waals surface area contributed by atoms with Crippen LogP contribution in [0.3, 0.4) is 0 Å². The average molecular weight is 334 g/mol. The molecular weight excluding hydrogens is 312 g/mol. The van der Waals surface area contributed by atoms with Gasteiger partial charge in [-0.1, -0.05) is 24.3 Å². The number of methoxy groups -OCH3 is 1. The molecule has 0 aliphatic carbocycles. The molecule has 0 spiro atoms. The summed E-state index contributed by atoms with van der Waals surface area (Å²) < 4.78 is 5.24. The fourth-order valence-electron chi connectivity index (χ4n) is 2.11. The monoisotopic (exact) mass is 334 g/mol. The zero-order chi connectivity index (χ0) is 16.8. The van der Waals surface area contributed by atoms with Gasteiger partial charge in [0.2, 0.25) is 0 Å². The van der Waals surface area contributed by atoms with E-state index in [0.717, 1.165) is 28.2 Å². The maximum Gasteiger partial charge on any atom is 0.263 e. The maximum atomic E-state index is 12.3. The van der Waals surface area contributed by atoms with Crippen molar-refractivity contribution < 1.29 is 14.6 Å². The molecule has 1 heterocycles. The molecule has 2 N–H and O–H groups in total. The Labute approximate surface area is 140 Å². The van der Waals surface area contributed by atoms with E-state index in [2.05, 4.69) is 10.3 Å². The Hall–Kier alpha value is -1.76. The predicted molar refractivity (Wildman–Crippen MR) is 90.7 cm³/mol. The lowest BCUT2D eigenvalue weighted by Gasteiger charge is -2.05. The molecule has 0 aliphatic rings. The number of thiazole rings is 1. The highest BCUT2D eigenvalue weighted by Gasteiger charge is 2.18. The molecule has 0 aliphatic heterocycles. The predicted octanol–water partition coefficient (Wildman–Crippen LogP) is 2.62. The zero-order valence-corrected chi connectivity index (χ0v) is 14.4. The summed E-state index contributed by atoms with van der Waals surface area (Å²) in [5.41, 5.74) is 2.74. The smallest absolute Gasteiger partial charge is 0.263 e. The van der Waals surface area contributed by atoms with Crippen molar-refractivity contribution in [3.8, 4) is 0 Å². The van der Waals surface area contributed by atoms with Gasteiger partial charge >= 0.3 is 0 Å². The first-order valence-corrected chi connectivity index (χ1v) is 8.33. The Kier molecular flexibility index (Phi) is 6.27. The quantitative estimate of drug-likeness (QED) is 0.816. The van der Waals surface area contributed by atoms with E-state index in [0.29, 0.717) is 11.4 Å². The first-order valence-electron chi connectivity index (χ1n) is 7.52. The van der Waals surface area contributed by atoms with Crippen LogP contribution in [-0.2, 0) is 17.8 Å². The van der Waals surface area contributed by atoms with Gasteiger partial charge in [-0.05, 0) is 31.4 Å². The van der Waals surface area contributed by atoms with Crippen LogP contribution in [0, 0.1) is 6.92 Å². The second-order valence-electron chi connectivity index (χ2n) is 5.33. The highest BCUT2D eigenvalue weighted by Crippen LogP contribution is 2.25. The first kappa shape index (κ1) is 17.6. The van der Waals surface area contributed by atoms with Crippen molar-refractivity contribution in [1.82, 2.24) is 10.3 Å². The number of ether oxygens (including phenoxy) is 1. The van der Waals surface area contributed by atoms with E-state index in [1.54, 1.807) is 7.11 Å². The summed E-state index contributed by atoms with van der Waals surface area (Å²) in [6.07, 6.45) is 0.640. The minimum atomic E-state index is -0.106. The fraction of sp³-hybridized carbons (Fsp3) is 0.412. The maximum absolute atomic E-state index is 12.3. The molecule has 5 nitrogen and oxygen atoms in total. The summed E-state index contributed by atoms with van der Waals surface area (Å²) in [6.45, 7) is 4.36. The number of benzene rings is 1. The van der Waals surface area contributed by atoms with Crippen molar-refractivity contribution in [3.63, 3.8) is 0 Å². The standard InChI is InChI=1S/C17H22N2O3S/c1-11-15(23-17(19-11)12(2)22-3)16(21)18-9-8-13-4-6-14(10-20)7-5-13/h4-7,12,20H,8-10H2,1-3H3,(H,18,21). The number of aliphatic hydroxyl groups excluding tert-OH is 1. The van der Waals surface area contributed by atoms with Crippen LogP contribution in [0.4, 0.5) is 0 Å². The van der Waals surface area contributed by atoms with E-state index in [9.17, 15) is 4.79 Å². The number of hydrogen-bond donors (Lipinski definition) is 2. The number of carbonyl (C=O) groups is 1. The zero-order valence-electron chi connectivity index (χ0n) is 13.6. The Morgan fingerprint density at radius 3 is 2.61 bits per heavy atom. The van der Waals surface area contributed by atoms with Crippen molar-refractivity contribution in [1.29, 1.82) is 0 Å². The summed E-state index contributed by atoms with van der Waals surface area (Å²) >= 11 is 1.38. The Morgan fingerprint density at radius 1 is 1.35 bits per heavy atom. The molecule has 1 aromatic carbocycles. The number of aryl methyl sites for hydroxylation is 1. The van der Waals surface area contributed by atoms with Crippen molar-refractivity contribution in [3.05, 3.63) is 51.0 Å². The number of rotatable bonds is 7. The molecule has 1 amide bonds. The molecular formula is C17H22N2O3S. The molecule has 1 aromatic heterocycles. The Bertz CT molecular complexity index is 652. The van der Waals surface area contributed by atoms with E-state index < -0.39 is 0 Å². The fourth-order valence-corrected chi connectivity index (χ4v) is 3.13. The molecule has 23 heavy (non-hydrogen) atoms. The van der Waals surface area contributed by atoms with Crippen molar-refractivity contribution in [2.75, 3.05) is 13.7 Å². The number of nitrogens with one attached hydrogen (secondary N) is 1. The Balaban J connectivity index is 1.90. The molecule has 2 aromatic rings. The van der Waals surface area contributed by atoms with Crippen molar-refractivity contribution >= 4 is 17.2 Å². The van der Waals surface area contributed by atoms with E-state index in [4.69, 9.17) is 9.84 Å². The number of hydrogen-bond acceptors (Lipinski definition) is 5. The van der Waals surface area contributed by atoms with Crippen LogP contribution in [0.25, 0.3) is 0 Å². The Morgan fingerprint density at radius 2 is 2.00 bits per heavy atom. The summed E-state index contributed by atoms with van der Waals surface area (Å²) in [4.78, 5) is 17.3. The molecule has 0 saturated carbocycles. The lowest BCUT2D eigenvalue weighted by molar-refractivity contribution is 0.0957. The number of amides is 1. The normalized spacial score (nSPS) is 12.2. The van der Waals surface area contributed by atoms with E-state index >= 15 is 0 Å². The van der Waals surface area contributed by atoms with Gasteiger partial charge in [0.1, 0.15) is 16.0 Å². The van der Waals surface area contributed by atoms with Crippen LogP contribution < -0.4 is 5.32 Å². The third kappa shape index (κ3) is 4.60. The van der Waals surface area contributed by atoms with Gasteiger partial charge < -0.3 is 15.2 Å². The largest absolute Gasteiger partial charge is 0.392 e. The van der Waals surface area contributed by atoms with E-state index in [1.165, 1.54) is 11.3 Å². The third-order valence-electron chi connectivity index (χ3n) is 3.63. The third-order valence-corrected chi connectivity index (χ3v) is 4.94. The van der Waals surface area contributed by atoms with Crippen LogP contribution in [0.2, 0.25) is 0 Å². The highest BCUT2D eigenvalue weighted by atomic mass is 32.1. The second kappa shape index (κ2) is 8.19.